The Balaban J connectivity index is 1.79. The molecule has 0 saturated heterocycles. The number of aromatic amines is 1. The van der Waals surface area contributed by atoms with Gasteiger partial charge in [-0.3, -0.25) is 0 Å². The van der Waals surface area contributed by atoms with Crippen LogP contribution in [-0.4, -0.2) is 23.0 Å². The first-order chi connectivity index (χ1) is 10.3. The average Bonchev–Trinajstić information content (AvgIpc) is 2.95. The molecule has 0 aliphatic carbocycles. The average molecular weight is 298 g/mol. The first-order valence-corrected chi connectivity index (χ1v) is 7.49. The molecule has 106 valence electrons. The van der Waals surface area contributed by atoms with Crippen LogP contribution in [0.1, 0.15) is 16.2 Å². The molecule has 0 aliphatic rings. The summed E-state index contributed by atoms with van der Waals surface area (Å²) in [4.78, 5) is 20.5. The van der Waals surface area contributed by atoms with Crippen LogP contribution in [0.2, 0.25) is 0 Å². The molecule has 4 nitrogen and oxygen atoms in total. The summed E-state index contributed by atoms with van der Waals surface area (Å²) in [7, 11) is 1.38. The van der Waals surface area contributed by atoms with Crippen molar-refractivity contribution in [2.24, 2.45) is 0 Å². The lowest BCUT2D eigenvalue weighted by Crippen LogP contribution is -2.00. The molecule has 0 bridgehead atoms. The highest BCUT2D eigenvalue weighted by Crippen LogP contribution is 2.23. The van der Waals surface area contributed by atoms with Gasteiger partial charge in [0.1, 0.15) is 5.82 Å². The van der Waals surface area contributed by atoms with E-state index in [1.165, 1.54) is 12.0 Å². The molecular weight excluding hydrogens is 284 g/mol. The van der Waals surface area contributed by atoms with E-state index in [0.29, 0.717) is 5.56 Å². The zero-order chi connectivity index (χ0) is 14.7. The molecule has 0 amide bonds. The molecule has 0 saturated carbocycles. The van der Waals surface area contributed by atoms with Crippen molar-refractivity contribution < 1.29 is 9.53 Å². The minimum absolute atomic E-state index is 0.341. The van der Waals surface area contributed by atoms with Crippen molar-refractivity contribution in [2.45, 2.75) is 10.6 Å². The second kappa shape index (κ2) is 6.01. The fourth-order valence-electron chi connectivity index (χ4n) is 2.04. The Kier molecular flexibility index (Phi) is 3.92. The van der Waals surface area contributed by atoms with Crippen LogP contribution in [-0.2, 0) is 10.5 Å². The van der Waals surface area contributed by atoms with Crippen LogP contribution in [0.5, 0.6) is 0 Å². The van der Waals surface area contributed by atoms with E-state index in [2.05, 4.69) is 22.1 Å². The quantitative estimate of drug-likeness (QED) is 0.590. The molecule has 0 radical (unpaired) electrons. The van der Waals surface area contributed by atoms with E-state index < -0.39 is 0 Å². The van der Waals surface area contributed by atoms with Gasteiger partial charge in [0.05, 0.1) is 29.5 Å². The van der Waals surface area contributed by atoms with Gasteiger partial charge in [0.25, 0.3) is 0 Å². The Morgan fingerprint density at radius 1 is 1.24 bits per heavy atom. The Morgan fingerprint density at radius 3 is 2.81 bits per heavy atom. The van der Waals surface area contributed by atoms with Gasteiger partial charge in [-0.1, -0.05) is 18.2 Å². The molecule has 0 unspecified atom stereocenters. The number of nitrogens with one attached hydrogen (secondary N) is 1. The van der Waals surface area contributed by atoms with E-state index in [9.17, 15) is 4.79 Å². The van der Waals surface area contributed by atoms with Crippen LogP contribution in [0.15, 0.2) is 53.4 Å². The molecule has 5 heteroatoms. The number of thioether (sulfide) groups is 1. The maximum absolute atomic E-state index is 11.5. The monoisotopic (exact) mass is 298 g/mol. The lowest BCUT2D eigenvalue weighted by atomic mass is 10.2. The van der Waals surface area contributed by atoms with Gasteiger partial charge in [0.2, 0.25) is 0 Å². The van der Waals surface area contributed by atoms with Crippen LogP contribution in [0.25, 0.3) is 11.0 Å². The standard InChI is InChI=1S/C16H14N2O2S/c1-20-16(19)11-7-8-13-14(9-11)18-15(17-13)10-21-12-5-3-2-4-6-12/h2-9H,10H2,1H3,(H,17,18). The van der Waals surface area contributed by atoms with Crippen LogP contribution in [0.4, 0.5) is 0 Å². The molecule has 3 aromatic rings. The van der Waals surface area contributed by atoms with Crippen molar-refractivity contribution >= 4 is 28.8 Å². The third-order valence-electron chi connectivity index (χ3n) is 3.07. The van der Waals surface area contributed by atoms with Gasteiger partial charge in [-0.05, 0) is 30.3 Å². The second-order valence-corrected chi connectivity index (χ2v) is 5.56. The molecule has 0 aliphatic heterocycles. The molecule has 0 fully saturated rings. The van der Waals surface area contributed by atoms with Crippen LogP contribution >= 0.6 is 11.8 Å². The van der Waals surface area contributed by atoms with Crippen molar-refractivity contribution in [2.75, 3.05) is 7.11 Å². The van der Waals surface area contributed by atoms with E-state index in [-0.39, 0.29) is 5.97 Å². The summed E-state index contributed by atoms with van der Waals surface area (Å²) in [5.74, 6) is 1.30. The molecule has 2 aromatic carbocycles. The summed E-state index contributed by atoms with van der Waals surface area (Å²) < 4.78 is 4.72. The van der Waals surface area contributed by atoms with Crippen LogP contribution < -0.4 is 0 Å². The first-order valence-electron chi connectivity index (χ1n) is 6.51. The number of rotatable bonds is 4. The molecular formula is C16H14N2O2S. The zero-order valence-electron chi connectivity index (χ0n) is 11.5. The fourth-order valence-corrected chi connectivity index (χ4v) is 2.83. The number of methoxy groups -OCH3 is 1. The summed E-state index contributed by atoms with van der Waals surface area (Å²) >= 11 is 1.72. The van der Waals surface area contributed by atoms with E-state index >= 15 is 0 Å². The Bertz CT molecular complexity index is 768. The number of imidazole rings is 1. The highest BCUT2D eigenvalue weighted by atomic mass is 32.2. The SMILES string of the molecule is COC(=O)c1ccc2nc(CSc3ccccc3)[nH]c2c1. The largest absolute Gasteiger partial charge is 0.465 e. The number of hydrogen-bond donors (Lipinski definition) is 1. The molecule has 21 heavy (non-hydrogen) atoms. The Hall–Kier alpha value is -2.27. The molecule has 0 atom stereocenters. The van der Waals surface area contributed by atoms with Gasteiger partial charge in [-0.25, -0.2) is 9.78 Å². The summed E-state index contributed by atoms with van der Waals surface area (Å²) in [5, 5.41) is 0. The van der Waals surface area contributed by atoms with Crippen molar-refractivity contribution in [1.82, 2.24) is 9.97 Å². The van der Waals surface area contributed by atoms with E-state index in [0.717, 1.165) is 22.6 Å². The molecule has 1 heterocycles. The number of fused-ring (bicyclic) bond motifs is 1. The van der Waals surface area contributed by atoms with Crippen molar-refractivity contribution in [3.8, 4) is 0 Å². The van der Waals surface area contributed by atoms with Gasteiger partial charge in [0.15, 0.2) is 0 Å². The molecule has 1 N–H and O–H groups in total. The van der Waals surface area contributed by atoms with Gasteiger partial charge >= 0.3 is 5.97 Å². The predicted molar refractivity (Wildman–Crippen MR) is 83.4 cm³/mol. The number of aromatic nitrogens is 2. The third-order valence-corrected chi connectivity index (χ3v) is 4.09. The summed E-state index contributed by atoms with van der Waals surface area (Å²) in [6, 6.07) is 15.5. The number of ether oxygens (including phenoxy) is 1. The third kappa shape index (κ3) is 3.08. The molecule has 1 aromatic heterocycles. The number of esters is 1. The topological polar surface area (TPSA) is 55.0 Å². The van der Waals surface area contributed by atoms with Crippen molar-refractivity contribution in [3.05, 3.63) is 59.9 Å². The maximum Gasteiger partial charge on any atom is 0.337 e. The van der Waals surface area contributed by atoms with Gasteiger partial charge in [-0.2, -0.15) is 0 Å². The highest BCUT2D eigenvalue weighted by Gasteiger charge is 2.09. The number of nitrogens with zero attached hydrogens (tertiary/aromatic N) is 1. The van der Waals surface area contributed by atoms with E-state index in [1.54, 1.807) is 23.9 Å². The number of benzene rings is 2. The lowest BCUT2D eigenvalue weighted by Gasteiger charge is -1.98. The highest BCUT2D eigenvalue weighted by molar-refractivity contribution is 7.98. The fraction of sp³-hybridized carbons (Fsp3) is 0.125. The van der Waals surface area contributed by atoms with E-state index in [1.807, 2.05) is 24.3 Å². The van der Waals surface area contributed by atoms with Gasteiger partial charge < -0.3 is 9.72 Å². The smallest absolute Gasteiger partial charge is 0.337 e. The number of carbonyl (C=O) groups excluding carboxylic acids is 1. The van der Waals surface area contributed by atoms with Crippen LogP contribution in [0, 0.1) is 0 Å². The molecule has 0 spiro atoms. The molecule has 3 rings (SSSR count). The maximum atomic E-state index is 11.5. The summed E-state index contributed by atoms with van der Waals surface area (Å²) in [6.45, 7) is 0. The number of hydrogen-bond acceptors (Lipinski definition) is 4. The predicted octanol–water partition coefficient (Wildman–Crippen LogP) is 3.64. The Morgan fingerprint density at radius 2 is 2.05 bits per heavy atom. The number of carbonyl (C=O) groups is 1. The number of H-pyrrole nitrogens is 1. The van der Waals surface area contributed by atoms with E-state index in [4.69, 9.17) is 4.74 Å². The Labute approximate surface area is 126 Å². The van der Waals surface area contributed by atoms with Crippen LogP contribution in [0.3, 0.4) is 0 Å². The minimum atomic E-state index is -0.341. The van der Waals surface area contributed by atoms with Crippen molar-refractivity contribution in [3.63, 3.8) is 0 Å². The first kappa shape index (κ1) is 13.7. The zero-order valence-corrected chi connectivity index (χ0v) is 12.3. The normalized spacial score (nSPS) is 10.7. The van der Waals surface area contributed by atoms with Crippen molar-refractivity contribution in [1.29, 1.82) is 0 Å². The van der Waals surface area contributed by atoms with Gasteiger partial charge in [0, 0.05) is 4.90 Å². The summed E-state index contributed by atoms with van der Waals surface area (Å²) in [5.41, 5.74) is 2.23. The summed E-state index contributed by atoms with van der Waals surface area (Å²) in [6.07, 6.45) is 0. The minimum Gasteiger partial charge on any atom is -0.465 e. The lowest BCUT2D eigenvalue weighted by molar-refractivity contribution is 0.0601. The second-order valence-electron chi connectivity index (χ2n) is 4.51. The van der Waals surface area contributed by atoms with Gasteiger partial charge in [-0.15, -0.1) is 11.8 Å².